The molecule has 0 spiro atoms. The molecule has 0 aliphatic rings. The van der Waals surface area contributed by atoms with E-state index < -0.39 is 120 Å². The Labute approximate surface area is 370 Å². The van der Waals surface area contributed by atoms with Gasteiger partial charge in [0.25, 0.3) is 16.6 Å². The third-order valence-corrected chi connectivity index (χ3v) is 9.10. The number of Topliss-reactive ketones (excluding diaryl/α,β-unsaturated/α-hetero) is 1. The lowest BCUT2D eigenvalue weighted by atomic mass is 9.89. The second-order valence-electron chi connectivity index (χ2n) is 13.4. The van der Waals surface area contributed by atoms with E-state index in [9.17, 15) is 101 Å². The van der Waals surface area contributed by atoms with Gasteiger partial charge in [0.1, 0.15) is 5.56 Å². The first-order valence-electron chi connectivity index (χ1n) is 17.5. The summed E-state index contributed by atoms with van der Waals surface area (Å²) in [5, 5.41) is 20.9. The van der Waals surface area contributed by atoms with Crippen molar-refractivity contribution in [3.05, 3.63) is 143 Å². The zero-order valence-electron chi connectivity index (χ0n) is 33.9. The van der Waals surface area contributed by atoms with Gasteiger partial charge in [-0.25, -0.2) is 18.4 Å². The predicted molar refractivity (Wildman–Crippen MR) is 204 cm³/mol. The highest BCUT2D eigenvalue weighted by molar-refractivity contribution is 6.68. The number of hydrogen-bond donors (Lipinski definition) is 1. The fourth-order valence-corrected chi connectivity index (χ4v) is 5.69. The number of hydrogen-bond acceptors (Lipinski definition) is 11. The van der Waals surface area contributed by atoms with E-state index in [-0.39, 0.29) is 35.5 Å². The molecule has 28 heteroatoms. The number of rotatable bonds is 10. The van der Waals surface area contributed by atoms with Gasteiger partial charge in [-0.05, 0) is 72.5 Å². The van der Waals surface area contributed by atoms with Gasteiger partial charge in [0.15, 0.2) is 5.78 Å². The molecule has 0 saturated heterocycles. The van der Waals surface area contributed by atoms with E-state index in [0.717, 1.165) is 26.4 Å². The Morgan fingerprint density at radius 2 is 0.910 bits per heavy atom. The highest BCUT2D eigenvalue weighted by atomic mass is 35.5. The highest BCUT2D eigenvalue weighted by Crippen LogP contribution is 2.54. The summed E-state index contributed by atoms with van der Waals surface area (Å²) in [5.74, 6) is -3.69. The summed E-state index contributed by atoms with van der Waals surface area (Å²) in [7, 11) is 1.60. The first kappa shape index (κ1) is 56.2. The smallest absolute Gasteiger partial charge is 0.435 e. The molecule has 0 aliphatic heterocycles. The number of carbonyl (C=O) groups is 4. The van der Waals surface area contributed by atoms with Gasteiger partial charge in [-0.15, -0.1) is 0 Å². The van der Waals surface area contributed by atoms with Crippen molar-refractivity contribution >= 4 is 51.6 Å². The van der Waals surface area contributed by atoms with E-state index in [2.05, 4.69) is 9.47 Å². The van der Waals surface area contributed by atoms with E-state index in [0.29, 0.717) is 23.3 Å². The number of anilines is 1. The van der Waals surface area contributed by atoms with Crippen molar-refractivity contribution in [2.24, 2.45) is 0 Å². The SMILES string of the molecule is COC(=O)c1cc(C(F)(C(F)(F)F)C(F)(F)F)ccc1CC(=O)c1ccc(C)cc1[N+](=O)[O-].COC(=O)c1cc(C(F)(C(F)(F)F)C(F)(F)F)ccc1N.Cc1ccc(C(=O)Cl)c([N+](=O)[O-])c1. The second kappa shape index (κ2) is 20.7. The molecule has 0 unspecified atom stereocenters. The number of halogens is 15. The number of esters is 2. The van der Waals surface area contributed by atoms with Crippen molar-refractivity contribution in [1.29, 1.82) is 0 Å². The number of ketones is 1. The maximum absolute atomic E-state index is 14.4. The van der Waals surface area contributed by atoms with Crippen molar-refractivity contribution in [1.82, 2.24) is 0 Å². The lowest BCUT2D eigenvalue weighted by Crippen LogP contribution is -2.50. The minimum Gasteiger partial charge on any atom is -0.465 e. The molecule has 0 radical (unpaired) electrons. The molecule has 4 aromatic carbocycles. The third-order valence-electron chi connectivity index (χ3n) is 8.89. The summed E-state index contributed by atoms with van der Waals surface area (Å²) in [6.07, 6.45) is -26.2. The lowest BCUT2D eigenvalue weighted by Gasteiger charge is -2.30. The molecule has 0 fully saturated rings. The number of alkyl halides is 14. The average Bonchev–Trinajstić information content (AvgIpc) is 3.21. The molecule has 67 heavy (non-hydrogen) atoms. The molecule has 4 aromatic rings. The molecule has 0 aromatic heterocycles. The van der Waals surface area contributed by atoms with E-state index in [1.54, 1.807) is 13.0 Å². The number of nitrogen functional groups attached to an aromatic ring is 1. The minimum absolute atomic E-state index is 0.00101. The number of aryl methyl sites for hydroxylation is 2. The fraction of sp³-hybridized carbons (Fsp3) is 0.282. The zero-order chi connectivity index (χ0) is 52.0. The number of nitrogens with two attached hydrogens (primary N) is 1. The van der Waals surface area contributed by atoms with Crippen LogP contribution in [0.25, 0.3) is 0 Å². The second-order valence-corrected chi connectivity index (χ2v) is 13.7. The van der Waals surface area contributed by atoms with Gasteiger partial charge < -0.3 is 15.2 Å². The van der Waals surface area contributed by atoms with Crippen molar-refractivity contribution in [2.75, 3.05) is 20.0 Å². The van der Waals surface area contributed by atoms with Crippen LogP contribution in [0.5, 0.6) is 0 Å². The van der Waals surface area contributed by atoms with Crippen LogP contribution in [0.1, 0.15) is 69.2 Å². The molecule has 0 amide bonds. The van der Waals surface area contributed by atoms with E-state index in [1.807, 2.05) is 0 Å². The van der Waals surface area contributed by atoms with Crippen LogP contribution in [0.3, 0.4) is 0 Å². The number of nitro groups is 2. The lowest BCUT2D eigenvalue weighted by molar-refractivity contribution is -0.385. The molecular weight excluding hydrogens is 972 g/mol. The highest BCUT2D eigenvalue weighted by Gasteiger charge is 2.74. The Hall–Kier alpha value is -6.93. The maximum atomic E-state index is 14.4. The first-order chi connectivity index (χ1) is 30.4. The van der Waals surface area contributed by atoms with Crippen LogP contribution < -0.4 is 5.73 Å². The van der Waals surface area contributed by atoms with Crippen LogP contribution in [0.4, 0.5) is 78.5 Å². The van der Waals surface area contributed by atoms with Crippen molar-refractivity contribution < 1.29 is 100.0 Å². The number of nitrogens with zero attached hydrogens (tertiary/aromatic N) is 2. The number of methoxy groups -OCH3 is 2. The Kier molecular flexibility index (Phi) is 17.4. The summed E-state index contributed by atoms with van der Waals surface area (Å²) in [5.41, 5.74) is -12.7. The summed E-state index contributed by atoms with van der Waals surface area (Å²) in [6, 6.07) is 9.35. The molecule has 4 rings (SSSR count). The van der Waals surface area contributed by atoms with Gasteiger partial charge in [0.2, 0.25) is 0 Å². The number of carbonyl (C=O) groups excluding carboxylic acids is 4. The van der Waals surface area contributed by atoms with E-state index >= 15 is 0 Å². The van der Waals surface area contributed by atoms with Crippen LogP contribution in [0.2, 0.25) is 0 Å². The van der Waals surface area contributed by atoms with Crippen molar-refractivity contribution in [3.63, 3.8) is 0 Å². The maximum Gasteiger partial charge on any atom is 0.435 e. The van der Waals surface area contributed by atoms with Gasteiger partial charge >= 0.3 is 48.0 Å². The van der Waals surface area contributed by atoms with Gasteiger partial charge in [-0.1, -0.05) is 30.3 Å². The van der Waals surface area contributed by atoms with Crippen LogP contribution in [-0.2, 0) is 27.2 Å². The van der Waals surface area contributed by atoms with Crippen molar-refractivity contribution in [3.8, 4) is 0 Å². The number of nitro benzene ring substituents is 2. The van der Waals surface area contributed by atoms with E-state index in [4.69, 9.17) is 17.3 Å². The Balaban J connectivity index is 0.000000385. The van der Waals surface area contributed by atoms with E-state index in [1.165, 1.54) is 25.1 Å². The normalized spacial score (nSPS) is 12.1. The standard InChI is InChI=1S/C20H14F7NO5.C11H8F7NO2.C8H6ClNO3/c1-10-3-6-13(15(7-10)28(31)32)16(29)8-11-4-5-12(9-14(11)17(30)33-2)18(21,19(22,23)24)20(25,26)27;1-21-8(20)6-4-5(2-3-7(6)19)9(12,10(13,14)15)11(16,17)18;1-5-2-3-6(8(9)11)7(4-5)10(12)13/h3-7,9H,8H2,1-2H3;2-4H,19H2,1H3;2-4H,1H3. The molecule has 364 valence electrons. The van der Waals surface area contributed by atoms with Gasteiger partial charge in [-0.3, -0.25) is 29.8 Å². The quantitative estimate of drug-likeness (QED) is 0.0301. The van der Waals surface area contributed by atoms with Crippen LogP contribution in [0.15, 0.2) is 72.8 Å². The molecule has 0 bridgehead atoms. The molecule has 0 atom stereocenters. The molecule has 0 aliphatic carbocycles. The number of benzene rings is 4. The summed E-state index contributed by atoms with van der Waals surface area (Å²) in [6.45, 7) is 3.22. The Morgan fingerprint density at radius 1 is 0.552 bits per heavy atom. The molecular formula is C39H28ClF14N3O10. The summed E-state index contributed by atoms with van der Waals surface area (Å²) < 4.78 is 190. The van der Waals surface area contributed by atoms with Gasteiger partial charge in [0, 0.05) is 35.4 Å². The van der Waals surface area contributed by atoms with Crippen LogP contribution in [0, 0.1) is 34.1 Å². The molecule has 0 saturated carbocycles. The first-order valence-corrected chi connectivity index (χ1v) is 17.9. The molecule has 13 nitrogen and oxygen atoms in total. The predicted octanol–water partition coefficient (Wildman–Crippen LogP) is 11.0. The average molecular weight is 1000 g/mol. The summed E-state index contributed by atoms with van der Waals surface area (Å²) in [4.78, 5) is 66.8. The fourth-order valence-electron chi connectivity index (χ4n) is 5.53. The molecule has 2 N–H and O–H groups in total. The Morgan fingerprint density at radius 3 is 1.28 bits per heavy atom. The van der Waals surface area contributed by atoms with Crippen LogP contribution in [-0.4, -0.2) is 71.7 Å². The summed E-state index contributed by atoms with van der Waals surface area (Å²) >= 11 is 5.16. The van der Waals surface area contributed by atoms with Crippen molar-refractivity contribution in [2.45, 2.75) is 56.3 Å². The zero-order valence-corrected chi connectivity index (χ0v) is 34.6. The number of ether oxygens (including phenoxy) is 2. The minimum atomic E-state index is -6.42. The van der Waals surface area contributed by atoms with Crippen LogP contribution >= 0.6 is 11.6 Å². The largest absolute Gasteiger partial charge is 0.465 e. The van der Waals surface area contributed by atoms with Gasteiger partial charge in [0.05, 0.1) is 40.8 Å². The Bertz CT molecular complexity index is 2530. The topological polar surface area (TPSA) is 199 Å². The monoisotopic (exact) mass is 999 g/mol. The molecule has 0 heterocycles. The van der Waals surface area contributed by atoms with Gasteiger partial charge in [-0.2, -0.15) is 52.7 Å². The third kappa shape index (κ3) is 12.3.